The zero-order chi connectivity index (χ0) is 24.9. The van der Waals surface area contributed by atoms with E-state index in [0.717, 1.165) is 27.5 Å². The first kappa shape index (κ1) is 24.0. The second-order valence-corrected chi connectivity index (χ2v) is 8.84. The van der Waals surface area contributed by atoms with Crippen molar-refractivity contribution in [2.75, 3.05) is 6.61 Å². The Morgan fingerprint density at radius 2 is 1.69 bits per heavy atom. The van der Waals surface area contributed by atoms with Crippen LogP contribution in [0.15, 0.2) is 78.9 Å². The van der Waals surface area contributed by atoms with Gasteiger partial charge in [-0.05, 0) is 52.9 Å². The fraction of sp³-hybridized carbons (Fsp3) is 0.207. The molecule has 0 aliphatic heterocycles. The predicted octanol–water partition coefficient (Wildman–Crippen LogP) is 6.61. The predicted molar refractivity (Wildman–Crippen MR) is 137 cm³/mol. The molecule has 35 heavy (non-hydrogen) atoms. The maximum atomic E-state index is 12.1. The number of aryl methyl sites for hydroxylation is 1. The monoisotopic (exact) mass is 469 g/mol. The van der Waals surface area contributed by atoms with Crippen molar-refractivity contribution >= 4 is 22.4 Å². The van der Waals surface area contributed by atoms with Gasteiger partial charge >= 0.3 is 11.7 Å². The minimum atomic E-state index is -0.946. The van der Waals surface area contributed by atoms with Gasteiger partial charge in [-0.25, -0.2) is 0 Å². The van der Waals surface area contributed by atoms with Gasteiger partial charge in [0.2, 0.25) is 5.75 Å². The van der Waals surface area contributed by atoms with Crippen molar-refractivity contribution in [2.45, 2.75) is 26.7 Å². The molecule has 0 aliphatic rings. The number of hydrogen-bond donors (Lipinski definition) is 1. The fourth-order valence-corrected chi connectivity index (χ4v) is 4.11. The number of nitro groups is 1. The Bertz CT molecular complexity index is 1380. The molecular formula is C29H27NO5. The van der Waals surface area contributed by atoms with Crippen molar-refractivity contribution in [3.05, 3.63) is 106 Å². The number of nitrogens with zero attached hydrogens (tertiary/aromatic N) is 1. The van der Waals surface area contributed by atoms with E-state index in [9.17, 15) is 20.0 Å². The molecule has 1 unspecified atom stereocenters. The Labute approximate surface area is 204 Å². The number of aliphatic carboxylic acids is 1. The zero-order valence-electron chi connectivity index (χ0n) is 19.7. The number of fused-ring (bicyclic) bond motifs is 1. The van der Waals surface area contributed by atoms with Gasteiger partial charge in [-0.15, -0.1) is 0 Å². The van der Waals surface area contributed by atoms with Gasteiger partial charge in [-0.2, -0.15) is 0 Å². The molecule has 0 bridgehead atoms. The number of carbonyl (C=O) groups is 1. The van der Waals surface area contributed by atoms with Crippen LogP contribution in [0.2, 0.25) is 0 Å². The molecule has 0 saturated carbocycles. The van der Waals surface area contributed by atoms with Crippen molar-refractivity contribution in [1.82, 2.24) is 0 Å². The Kier molecular flexibility index (Phi) is 7.11. The molecule has 6 nitrogen and oxygen atoms in total. The quantitative estimate of drug-likeness (QED) is 0.220. The van der Waals surface area contributed by atoms with Crippen LogP contribution in [-0.2, 0) is 17.6 Å². The number of ether oxygens (including phenoxy) is 1. The Balaban J connectivity index is 1.76. The summed E-state index contributed by atoms with van der Waals surface area (Å²) >= 11 is 0. The highest BCUT2D eigenvalue weighted by atomic mass is 16.6. The van der Waals surface area contributed by atoms with Crippen LogP contribution in [0.4, 0.5) is 5.69 Å². The van der Waals surface area contributed by atoms with E-state index >= 15 is 0 Å². The molecule has 6 heteroatoms. The number of carboxylic acid groups (broad SMARTS) is 1. The first-order valence-corrected chi connectivity index (χ1v) is 11.5. The number of benzene rings is 4. The summed E-state index contributed by atoms with van der Waals surface area (Å²) in [4.78, 5) is 23.0. The molecule has 0 aliphatic carbocycles. The van der Waals surface area contributed by atoms with E-state index in [1.54, 1.807) is 6.92 Å². The fourth-order valence-electron chi connectivity index (χ4n) is 4.11. The summed E-state index contributed by atoms with van der Waals surface area (Å²) in [6.45, 7) is 3.89. The number of hydrogen-bond acceptors (Lipinski definition) is 4. The van der Waals surface area contributed by atoms with E-state index in [4.69, 9.17) is 4.74 Å². The highest BCUT2D eigenvalue weighted by Gasteiger charge is 2.24. The average Bonchev–Trinajstić information content (AvgIpc) is 2.85. The van der Waals surface area contributed by atoms with Crippen LogP contribution < -0.4 is 4.74 Å². The lowest BCUT2D eigenvalue weighted by Crippen LogP contribution is -2.13. The molecule has 4 aromatic carbocycles. The van der Waals surface area contributed by atoms with Crippen LogP contribution in [-0.4, -0.2) is 22.6 Å². The minimum absolute atomic E-state index is 0.160. The molecule has 0 spiro atoms. The summed E-state index contributed by atoms with van der Waals surface area (Å²) in [5, 5.41) is 23.5. The van der Waals surface area contributed by atoms with Crippen molar-refractivity contribution in [3.8, 4) is 16.9 Å². The summed E-state index contributed by atoms with van der Waals surface area (Å²) in [7, 11) is 0. The second-order valence-electron chi connectivity index (χ2n) is 8.84. The van der Waals surface area contributed by atoms with Gasteiger partial charge in [-0.1, -0.05) is 73.2 Å². The smallest absolute Gasteiger partial charge is 0.311 e. The van der Waals surface area contributed by atoms with Crippen molar-refractivity contribution < 1.29 is 19.6 Å². The lowest BCUT2D eigenvalue weighted by Gasteiger charge is -2.16. The van der Waals surface area contributed by atoms with Crippen molar-refractivity contribution in [3.63, 3.8) is 0 Å². The molecule has 1 atom stereocenters. The van der Waals surface area contributed by atoms with Gasteiger partial charge in [-0.3, -0.25) is 14.9 Å². The SMILES string of the molecule is Cc1ccc(CCOc2c(-c3ccc4ccccc4c3)cc(CC(C)C(=O)O)cc2[N+](=O)[O-])cc1. The summed E-state index contributed by atoms with van der Waals surface area (Å²) < 4.78 is 6.08. The summed E-state index contributed by atoms with van der Waals surface area (Å²) in [5.41, 5.74) is 4.03. The van der Waals surface area contributed by atoms with Crippen LogP contribution in [0.5, 0.6) is 5.75 Å². The summed E-state index contributed by atoms with van der Waals surface area (Å²) in [6, 6.07) is 25.1. The van der Waals surface area contributed by atoms with Crippen LogP contribution in [0.25, 0.3) is 21.9 Å². The Morgan fingerprint density at radius 3 is 2.37 bits per heavy atom. The molecule has 0 fully saturated rings. The zero-order valence-corrected chi connectivity index (χ0v) is 19.7. The molecule has 0 aromatic heterocycles. The highest BCUT2D eigenvalue weighted by Crippen LogP contribution is 2.41. The normalized spacial score (nSPS) is 11.8. The topological polar surface area (TPSA) is 89.7 Å². The molecule has 4 aromatic rings. The van der Waals surface area contributed by atoms with Gasteiger partial charge < -0.3 is 9.84 Å². The maximum absolute atomic E-state index is 12.1. The number of rotatable bonds is 9. The van der Waals surface area contributed by atoms with E-state index in [0.29, 0.717) is 17.5 Å². The Hall–Kier alpha value is -4.19. The van der Waals surface area contributed by atoms with E-state index < -0.39 is 16.8 Å². The van der Waals surface area contributed by atoms with E-state index in [2.05, 4.69) is 0 Å². The maximum Gasteiger partial charge on any atom is 0.311 e. The third kappa shape index (κ3) is 5.66. The second kappa shape index (κ2) is 10.4. The number of nitro benzene ring substituents is 1. The van der Waals surface area contributed by atoms with Gasteiger partial charge in [0, 0.05) is 18.1 Å². The highest BCUT2D eigenvalue weighted by molar-refractivity contribution is 5.89. The molecule has 4 rings (SSSR count). The molecular weight excluding hydrogens is 442 g/mol. The van der Waals surface area contributed by atoms with Crippen LogP contribution in [0, 0.1) is 23.0 Å². The number of carboxylic acids is 1. The molecule has 0 saturated heterocycles. The summed E-state index contributed by atoms with van der Waals surface area (Å²) in [6.07, 6.45) is 0.785. The van der Waals surface area contributed by atoms with Gasteiger partial charge in [0.1, 0.15) is 0 Å². The van der Waals surface area contributed by atoms with Crippen molar-refractivity contribution in [1.29, 1.82) is 0 Å². The minimum Gasteiger partial charge on any atom is -0.486 e. The lowest BCUT2D eigenvalue weighted by atomic mass is 9.94. The molecule has 0 heterocycles. The Morgan fingerprint density at radius 1 is 0.971 bits per heavy atom. The van der Waals surface area contributed by atoms with Crippen molar-refractivity contribution in [2.24, 2.45) is 5.92 Å². The van der Waals surface area contributed by atoms with E-state index in [-0.39, 0.29) is 24.5 Å². The van der Waals surface area contributed by atoms with E-state index in [1.165, 1.54) is 6.07 Å². The third-order valence-electron chi connectivity index (χ3n) is 6.11. The van der Waals surface area contributed by atoms with Crippen LogP contribution >= 0.6 is 0 Å². The van der Waals surface area contributed by atoms with Gasteiger partial charge in [0.15, 0.2) is 0 Å². The largest absolute Gasteiger partial charge is 0.486 e. The first-order chi connectivity index (χ1) is 16.8. The van der Waals surface area contributed by atoms with Crippen LogP contribution in [0.3, 0.4) is 0 Å². The van der Waals surface area contributed by atoms with Gasteiger partial charge in [0.05, 0.1) is 17.4 Å². The van der Waals surface area contributed by atoms with E-state index in [1.807, 2.05) is 79.7 Å². The standard InChI is InChI=1S/C29H27NO5/c1-19-7-9-21(10-8-19)13-14-35-28-26(25-12-11-23-5-3-4-6-24(23)18-25)16-22(15-20(2)29(31)32)17-27(28)30(33)34/h3-12,16-18,20H,13-15H2,1-2H3,(H,31,32). The third-order valence-corrected chi connectivity index (χ3v) is 6.11. The van der Waals surface area contributed by atoms with Gasteiger partial charge in [0.25, 0.3) is 0 Å². The molecule has 0 radical (unpaired) electrons. The molecule has 1 N–H and O–H groups in total. The van der Waals surface area contributed by atoms with Crippen LogP contribution in [0.1, 0.15) is 23.6 Å². The summed E-state index contributed by atoms with van der Waals surface area (Å²) in [5.74, 6) is -1.42. The first-order valence-electron chi connectivity index (χ1n) is 11.5. The molecule has 0 amide bonds. The average molecular weight is 470 g/mol. The molecule has 178 valence electrons. The lowest BCUT2D eigenvalue weighted by molar-refractivity contribution is -0.385.